The van der Waals surface area contributed by atoms with Crippen LogP contribution in [0.5, 0.6) is 0 Å². The Labute approximate surface area is 103 Å². The van der Waals surface area contributed by atoms with Crippen LogP contribution in [-0.2, 0) is 6.54 Å². The molecule has 0 radical (unpaired) electrons. The van der Waals surface area contributed by atoms with Gasteiger partial charge in [-0.25, -0.2) is 9.78 Å². The minimum atomic E-state index is -0.919. The molecule has 0 unspecified atom stereocenters. The third-order valence-electron chi connectivity index (χ3n) is 3.12. The predicted octanol–water partition coefficient (Wildman–Crippen LogP) is 2.80. The van der Waals surface area contributed by atoms with Gasteiger partial charge in [0.05, 0.1) is 5.52 Å². The fraction of sp³-hybridized carbons (Fsp3) is 0.333. The summed E-state index contributed by atoms with van der Waals surface area (Å²) >= 11 is 6.06. The molecule has 0 amide bonds. The number of rotatable bonds is 3. The number of carboxylic acid groups (broad SMARTS) is 1. The zero-order valence-corrected chi connectivity index (χ0v) is 9.81. The average Bonchev–Trinajstić information content (AvgIpc) is 2.99. The van der Waals surface area contributed by atoms with Crippen molar-refractivity contribution in [3.05, 3.63) is 29.2 Å². The molecule has 0 spiro atoms. The molecule has 0 saturated heterocycles. The van der Waals surface area contributed by atoms with Crippen LogP contribution >= 0.6 is 11.6 Å². The second-order valence-electron chi connectivity index (χ2n) is 4.43. The molecule has 1 N–H and O–H groups in total. The van der Waals surface area contributed by atoms with E-state index < -0.39 is 5.97 Å². The van der Waals surface area contributed by atoms with E-state index in [0.717, 1.165) is 30.3 Å². The van der Waals surface area contributed by atoms with E-state index in [4.69, 9.17) is 11.6 Å². The average molecular weight is 251 g/mol. The first-order chi connectivity index (χ1) is 8.16. The third kappa shape index (κ3) is 1.78. The summed E-state index contributed by atoms with van der Waals surface area (Å²) in [4.78, 5) is 15.2. The number of carbonyl (C=O) groups is 1. The van der Waals surface area contributed by atoms with Gasteiger partial charge in [-0.15, -0.1) is 0 Å². The first kappa shape index (κ1) is 10.6. The Morgan fingerprint density at radius 3 is 3.00 bits per heavy atom. The molecule has 1 aliphatic rings. The molecule has 0 atom stereocenters. The van der Waals surface area contributed by atoms with Crippen LogP contribution < -0.4 is 0 Å². The summed E-state index contributed by atoms with van der Waals surface area (Å²) in [5.41, 5.74) is 1.03. The second-order valence-corrected chi connectivity index (χ2v) is 4.79. The summed E-state index contributed by atoms with van der Waals surface area (Å²) in [5, 5.41) is 10.4. The number of hydrogen-bond acceptors (Lipinski definition) is 2. The Hall–Kier alpha value is -1.55. The lowest BCUT2D eigenvalue weighted by molar-refractivity contribution is 0.0685. The van der Waals surface area contributed by atoms with Crippen LogP contribution in [0, 0.1) is 5.92 Å². The molecule has 4 nitrogen and oxygen atoms in total. The smallest absolute Gasteiger partial charge is 0.352 e. The number of aromatic nitrogens is 2. The Kier molecular flexibility index (Phi) is 2.33. The van der Waals surface area contributed by atoms with Crippen molar-refractivity contribution in [1.29, 1.82) is 0 Å². The lowest BCUT2D eigenvalue weighted by Crippen LogP contribution is -2.09. The van der Waals surface area contributed by atoms with Gasteiger partial charge < -0.3 is 9.67 Å². The maximum Gasteiger partial charge on any atom is 0.352 e. The quantitative estimate of drug-likeness (QED) is 0.853. The standard InChI is InChI=1S/C12H11ClN2O2/c13-11-10-8(3-4-14-11)5-9(12(16)17)15(10)6-7-1-2-7/h3-5,7H,1-2,6H2,(H,16,17). The summed E-state index contributed by atoms with van der Waals surface area (Å²) in [6.07, 6.45) is 3.92. The normalized spacial score (nSPS) is 15.4. The van der Waals surface area contributed by atoms with Crippen LogP contribution in [0.3, 0.4) is 0 Å². The van der Waals surface area contributed by atoms with Crippen LogP contribution in [0.25, 0.3) is 10.9 Å². The van der Waals surface area contributed by atoms with E-state index >= 15 is 0 Å². The van der Waals surface area contributed by atoms with Gasteiger partial charge in [0, 0.05) is 18.1 Å². The Balaban J connectivity index is 2.24. The van der Waals surface area contributed by atoms with Gasteiger partial charge in [-0.1, -0.05) is 11.6 Å². The summed E-state index contributed by atoms with van der Waals surface area (Å²) in [7, 11) is 0. The minimum absolute atomic E-state index is 0.293. The second kappa shape index (κ2) is 3.74. The Morgan fingerprint density at radius 2 is 2.35 bits per heavy atom. The molecule has 1 saturated carbocycles. The first-order valence-electron chi connectivity index (χ1n) is 5.54. The topological polar surface area (TPSA) is 55.1 Å². The van der Waals surface area contributed by atoms with E-state index in [1.54, 1.807) is 22.9 Å². The van der Waals surface area contributed by atoms with Gasteiger partial charge in [0.2, 0.25) is 0 Å². The summed E-state index contributed by atoms with van der Waals surface area (Å²) in [6, 6.07) is 3.45. The SMILES string of the molecule is O=C(O)c1cc2ccnc(Cl)c2n1CC1CC1. The van der Waals surface area contributed by atoms with E-state index in [-0.39, 0.29) is 0 Å². The van der Waals surface area contributed by atoms with Gasteiger partial charge in [-0.2, -0.15) is 0 Å². The molecule has 88 valence electrons. The molecule has 2 heterocycles. The molecule has 2 aromatic heterocycles. The van der Waals surface area contributed by atoms with Gasteiger partial charge in [-0.05, 0) is 30.9 Å². The van der Waals surface area contributed by atoms with Gasteiger partial charge in [0.25, 0.3) is 0 Å². The highest BCUT2D eigenvalue weighted by Crippen LogP contribution is 2.34. The van der Waals surface area contributed by atoms with E-state index in [2.05, 4.69) is 4.98 Å². The predicted molar refractivity (Wildman–Crippen MR) is 64.4 cm³/mol. The number of nitrogens with zero attached hydrogens (tertiary/aromatic N) is 2. The van der Waals surface area contributed by atoms with Crippen LogP contribution in [0.2, 0.25) is 5.15 Å². The number of carboxylic acids is 1. The molecule has 3 rings (SSSR count). The van der Waals surface area contributed by atoms with Crippen molar-refractivity contribution in [3.63, 3.8) is 0 Å². The summed E-state index contributed by atoms with van der Waals surface area (Å²) in [6.45, 7) is 0.719. The highest BCUT2D eigenvalue weighted by Gasteiger charge is 2.26. The van der Waals surface area contributed by atoms with Gasteiger partial charge >= 0.3 is 5.97 Å². The fourth-order valence-electron chi connectivity index (χ4n) is 2.10. The van der Waals surface area contributed by atoms with Crippen LogP contribution in [-0.4, -0.2) is 20.6 Å². The maximum absolute atomic E-state index is 11.2. The van der Waals surface area contributed by atoms with E-state index in [9.17, 15) is 9.90 Å². The molecule has 0 aromatic carbocycles. The van der Waals surface area contributed by atoms with Crippen molar-refractivity contribution in [1.82, 2.24) is 9.55 Å². The van der Waals surface area contributed by atoms with Gasteiger partial charge in [-0.3, -0.25) is 0 Å². The van der Waals surface area contributed by atoms with Crippen molar-refractivity contribution in [2.24, 2.45) is 5.92 Å². The van der Waals surface area contributed by atoms with Gasteiger partial charge in [0.15, 0.2) is 5.15 Å². The molecule has 0 bridgehead atoms. The maximum atomic E-state index is 11.2. The lowest BCUT2D eigenvalue weighted by atomic mass is 10.3. The van der Waals surface area contributed by atoms with E-state index in [0.29, 0.717) is 16.8 Å². The van der Waals surface area contributed by atoms with Crippen LogP contribution in [0.4, 0.5) is 0 Å². The highest BCUT2D eigenvalue weighted by atomic mass is 35.5. The summed E-state index contributed by atoms with van der Waals surface area (Å²) in [5.74, 6) is -0.335. The molecule has 5 heteroatoms. The van der Waals surface area contributed by atoms with Crippen LogP contribution in [0.1, 0.15) is 23.3 Å². The summed E-state index contributed by atoms with van der Waals surface area (Å²) < 4.78 is 1.78. The fourth-order valence-corrected chi connectivity index (χ4v) is 2.36. The van der Waals surface area contributed by atoms with Crippen molar-refractivity contribution in [3.8, 4) is 0 Å². The van der Waals surface area contributed by atoms with Crippen molar-refractivity contribution in [2.45, 2.75) is 19.4 Å². The van der Waals surface area contributed by atoms with E-state index in [1.165, 1.54) is 0 Å². The molecule has 1 fully saturated rings. The molecule has 2 aromatic rings. The molecular weight excluding hydrogens is 240 g/mol. The Morgan fingerprint density at radius 1 is 1.59 bits per heavy atom. The minimum Gasteiger partial charge on any atom is -0.477 e. The van der Waals surface area contributed by atoms with Crippen molar-refractivity contribution in [2.75, 3.05) is 0 Å². The third-order valence-corrected chi connectivity index (χ3v) is 3.40. The number of hydrogen-bond donors (Lipinski definition) is 1. The van der Waals surface area contributed by atoms with Crippen molar-refractivity contribution < 1.29 is 9.90 Å². The number of fused-ring (bicyclic) bond motifs is 1. The van der Waals surface area contributed by atoms with Crippen LogP contribution in [0.15, 0.2) is 18.3 Å². The first-order valence-corrected chi connectivity index (χ1v) is 5.91. The van der Waals surface area contributed by atoms with Crippen molar-refractivity contribution >= 4 is 28.5 Å². The monoisotopic (exact) mass is 250 g/mol. The molecule has 1 aliphatic carbocycles. The van der Waals surface area contributed by atoms with E-state index in [1.807, 2.05) is 0 Å². The Bertz CT molecular complexity index is 602. The molecule has 17 heavy (non-hydrogen) atoms. The molecule has 0 aliphatic heterocycles. The highest BCUT2D eigenvalue weighted by molar-refractivity contribution is 6.34. The number of halogens is 1. The zero-order chi connectivity index (χ0) is 12.0. The van der Waals surface area contributed by atoms with Gasteiger partial charge in [0.1, 0.15) is 5.69 Å². The lowest BCUT2D eigenvalue weighted by Gasteiger charge is -2.07. The number of aromatic carboxylic acids is 1. The molecular formula is C12H11ClN2O2. The zero-order valence-electron chi connectivity index (χ0n) is 9.06. The number of pyridine rings is 1. The largest absolute Gasteiger partial charge is 0.477 e.